The predicted octanol–water partition coefficient (Wildman–Crippen LogP) is 2.15. The Labute approximate surface area is 119 Å². The number of carbonyl (C=O) groups excluding carboxylic acids is 1. The van der Waals surface area contributed by atoms with Crippen LogP contribution in [0.15, 0.2) is 42.7 Å². The number of rotatable bonds is 5. The minimum atomic E-state index is -0.227. The molecule has 0 atom stereocenters. The van der Waals surface area contributed by atoms with Crippen LogP contribution in [0.1, 0.15) is 5.56 Å². The molecule has 1 heterocycles. The molecule has 0 unspecified atom stereocenters. The minimum absolute atomic E-state index is 0.227. The van der Waals surface area contributed by atoms with E-state index in [1.54, 1.807) is 6.20 Å². The highest BCUT2D eigenvalue weighted by atomic mass is 16.5. The van der Waals surface area contributed by atoms with Crippen LogP contribution in [0.25, 0.3) is 11.1 Å². The molecule has 2 aromatic rings. The number of pyridine rings is 1. The van der Waals surface area contributed by atoms with Crippen molar-refractivity contribution in [2.45, 2.75) is 6.54 Å². The number of carbonyl (C=O) groups is 1. The molecule has 103 valence electrons. The van der Waals surface area contributed by atoms with Gasteiger partial charge in [-0.05, 0) is 24.2 Å². The molecule has 0 saturated carbocycles. The van der Waals surface area contributed by atoms with Crippen LogP contribution in [0.3, 0.4) is 0 Å². The third kappa shape index (κ3) is 3.90. The monoisotopic (exact) mass is 269 g/mol. The van der Waals surface area contributed by atoms with Crippen molar-refractivity contribution in [1.82, 2.24) is 9.88 Å². The normalized spacial score (nSPS) is 10.6. The van der Waals surface area contributed by atoms with Crippen LogP contribution in [0, 0.1) is 6.07 Å². The van der Waals surface area contributed by atoms with Gasteiger partial charge in [-0.2, -0.15) is 0 Å². The van der Waals surface area contributed by atoms with Crippen molar-refractivity contribution in [2.75, 3.05) is 20.7 Å². The number of methoxy groups -OCH3 is 1. The van der Waals surface area contributed by atoms with Gasteiger partial charge in [0.25, 0.3) is 0 Å². The fourth-order valence-electron chi connectivity index (χ4n) is 1.94. The summed E-state index contributed by atoms with van der Waals surface area (Å²) in [6.07, 6.45) is 3.45. The number of hydrogen-bond acceptors (Lipinski definition) is 4. The van der Waals surface area contributed by atoms with E-state index >= 15 is 0 Å². The zero-order chi connectivity index (χ0) is 14.4. The summed E-state index contributed by atoms with van der Waals surface area (Å²) in [5.74, 6) is -0.227. The second-order valence-electron chi connectivity index (χ2n) is 4.62. The summed E-state index contributed by atoms with van der Waals surface area (Å²) in [5.41, 5.74) is 3.30. The Hall–Kier alpha value is -2.20. The van der Waals surface area contributed by atoms with E-state index in [0.29, 0.717) is 6.54 Å². The highest BCUT2D eigenvalue weighted by Gasteiger charge is 2.07. The molecule has 4 heteroatoms. The number of hydrogen-bond donors (Lipinski definition) is 0. The van der Waals surface area contributed by atoms with Crippen LogP contribution in [-0.2, 0) is 16.1 Å². The van der Waals surface area contributed by atoms with Crippen LogP contribution in [0.5, 0.6) is 0 Å². The molecular formula is C16H17N2O2. The molecule has 0 amide bonds. The molecule has 20 heavy (non-hydrogen) atoms. The van der Waals surface area contributed by atoms with E-state index < -0.39 is 0 Å². The van der Waals surface area contributed by atoms with E-state index in [0.717, 1.165) is 16.7 Å². The van der Waals surface area contributed by atoms with E-state index in [2.05, 4.69) is 27.9 Å². The fourth-order valence-corrected chi connectivity index (χ4v) is 1.94. The van der Waals surface area contributed by atoms with E-state index in [1.807, 2.05) is 36.3 Å². The number of ether oxygens (including phenoxy) is 1. The Kier molecular flexibility index (Phi) is 4.85. The van der Waals surface area contributed by atoms with Crippen molar-refractivity contribution in [3.05, 3.63) is 54.4 Å². The van der Waals surface area contributed by atoms with Crippen molar-refractivity contribution in [3.8, 4) is 11.1 Å². The largest absolute Gasteiger partial charge is 0.468 e. The Morgan fingerprint density at radius 2 is 2.05 bits per heavy atom. The Morgan fingerprint density at radius 3 is 2.65 bits per heavy atom. The second-order valence-corrected chi connectivity index (χ2v) is 4.62. The summed E-state index contributed by atoms with van der Waals surface area (Å²) in [7, 11) is 3.29. The SMILES string of the molecule is COC(=O)CN(C)Cc1ccc(-c2c[c]cnc2)cc1. The molecule has 0 aliphatic carbocycles. The van der Waals surface area contributed by atoms with Crippen LogP contribution < -0.4 is 0 Å². The van der Waals surface area contributed by atoms with Gasteiger partial charge in [0.1, 0.15) is 0 Å². The maximum Gasteiger partial charge on any atom is 0.319 e. The zero-order valence-corrected chi connectivity index (χ0v) is 11.7. The van der Waals surface area contributed by atoms with Crippen molar-refractivity contribution >= 4 is 5.97 Å². The zero-order valence-electron chi connectivity index (χ0n) is 11.7. The van der Waals surface area contributed by atoms with Crippen LogP contribution in [-0.4, -0.2) is 36.6 Å². The van der Waals surface area contributed by atoms with Crippen molar-refractivity contribution in [2.24, 2.45) is 0 Å². The summed E-state index contributed by atoms with van der Waals surface area (Å²) in [4.78, 5) is 17.2. The maximum atomic E-state index is 11.2. The van der Waals surface area contributed by atoms with E-state index in [-0.39, 0.29) is 12.5 Å². The van der Waals surface area contributed by atoms with Gasteiger partial charge in [-0.3, -0.25) is 14.7 Å². The standard InChI is InChI=1S/C16H17N2O2/c1-18(12-16(19)20-2)11-13-5-7-14(8-6-13)15-4-3-9-17-10-15/h4-10H,11-12H2,1-2H3. The minimum Gasteiger partial charge on any atom is -0.468 e. The first-order chi connectivity index (χ1) is 9.69. The summed E-state index contributed by atoms with van der Waals surface area (Å²) in [6.45, 7) is 0.990. The van der Waals surface area contributed by atoms with Gasteiger partial charge in [-0.15, -0.1) is 0 Å². The van der Waals surface area contributed by atoms with Gasteiger partial charge in [0, 0.05) is 30.6 Å². The number of benzene rings is 1. The fraction of sp³-hybridized carbons (Fsp3) is 0.250. The van der Waals surface area contributed by atoms with Crippen molar-refractivity contribution in [3.63, 3.8) is 0 Å². The van der Waals surface area contributed by atoms with Crippen LogP contribution in [0.2, 0.25) is 0 Å². The van der Waals surface area contributed by atoms with Gasteiger partial charge in [-0.25, -0.2) is 0 Å². The highest BCUT2D eigenvalue weighted by Crippen LogP contribution is 2.18. The smallest absolute Gasteiger partial charge is 0.319 e. The molecule has 0 spiro atoms. The number of likely N-dealkylation sites (N-methyl/N-ethyl adjacent to an activating group) is 1. The first-order valence-corrected chi connectivity index (χ1v) is 6.35. The molecule has 1 aromatic heterocycles. The third-order valence-corrected chi connectivity index (χ3v) is 2.97. The first-order valence-electron chi connectivity index (χ1n) is 6.35. The Balaban J connectivity index is 2.00. The van der Waals surface area contributed by atoms with Gasteiger partial charge in [0.2, 0.25) is 0 Å². The van der Waals surface area contributed by atoms with Crippen molar-refractivity contribution < 1.29 is 9.53 Å². The number of nitrogens with zero attached hydrogens (tertiary/aromatic N) is 2. The summed E-state index contributed by atoms with van der Waals surface area (Å²) < 4.78 is 4.64. The summed E-state index contributed by atoms with van der Waals surface area (Å²) >= 11 is 0. The first kappa shape index (κ1) is 14.2. The second kappa shape index (κ2) is 6.82. The average Bonchev–Trinajstić information content (AvgIpc) is 2.48. The molecule has 1 aromatic carbocycles. The van der Waals surface area contributed by atoms with Gasteiger partial charge in [0.15, 0.2) is 0 Å². The predicted molar refractivity (Wildman–Crippen MR) is 76.9 cm³/mol. The number of aromatic nitrogens is 1. The quantitative estimate of drug-likeness (QED) is 0.780. The lowest BCUT2D eigenvalue weighted by atomic mass is 10.1. The van der Waals surface area contributed by atoms with E-state index in [9.17, 15) is 4.79 Å². The molecule has 0 N–H and O–H groups in total. The van der Waals surface area contributed by atoms with Crippen LogP contribution >= 0.6 is 0 Å². The molecular weight excluding hydrogens is 252 g/mol. The molecule has 0 bridgehead atoms. The highest BCUT2D eigenvalue weighted by molar-refractivity contribution is 5.71. The average molecular weight is 269 g/mol. The molecule has 0 aliphatic heterocycles. The van der Waals surface area contributed by atoms with E-state index in [4.69, 9.17) is 0 Å². The molecule has 0 fully saturated rings. The lowest BCUT2D eigenvalue weighted by Gasteiger charge is -2.15. The molecule has 0 saturated heterocycles. The molecule has 0 aliphatic rings. The maximum absolute atomic E-state index is 11.2. The molecule has 1 radical (unpaired) electrons. The van der Waals surface area contributed by atoms with Crippen molar-refractivity contribution in [1.29, 1.82) is 0 Å². The van der Waals surface area contributed by atoms with Crippen LogP contribution in [0.4, 0.5) is 0 Å². The molecule has 2 rings (SSSR count). The van der Waals surface area contributed by atoms with Gasteiger partial charge in [0.05, 0.1) is 13.7 Å². The lowest BCUT2D eigenvalue weighted by Crippen LogP contribution is -2.26. The Bertz CT molecular complexity index is 552. The van der Waals surface area contributed by atoms with E-state index in [1.165, 1.54) is 7.11 Å². The van der Waals surface area contributed by atoms with Gasteiger partial charge >= 0.3 is 5.97 Å². The Morgan fingerprint density at radius 1 is 1.30 bits per heavy atom. The third-order valence-electron chi connectivity index (χ3n) is 2.97. The topological polar surface area (TPSA) is 42.4 Å². The number of esters is 1. The summed E-state index contributed by atoms with van der Waals surface area (Å²) in [6, 6.07) is 13.1. The lowest BCUT2D eigenvalue weighted by molar-refractivity contribution is -0.141. The van der Waals surface area contributed by atoms with Gasteiger partial charge in [-0.1, -0.05) is 24.3 Å². The molecule has 4 nitrogen and oxygen atoms in total. The summed E-state index contributed by atoms with van der Waals surface area (Å²) in [5, 5.41) is 0. The van der Waals surface area contributed by atoms with Gasteiger partial charge < -0.3 is 4.74 Å².